The summed E-state index contributed by atoms with van der Waals surface area (Å²) in [5.41, 5.74) is 3.73. The fraction of sp³-hybridized carbons (Fsp3) is 0.750. The number of aromatic nitrogens is 2. The molecule has 4 heteroatoms. The fourth-order valence-electron chi connectivity index (χ4n) is 2.70. The monoisotopic (exact) mass is 276 g/mol. The highest BCUT2D eigenvalue weighted by molar-refractivity contribution is 5.37. The van der Waals surface area contributed by atoms with Gasteiger partial charge in [-0.1, -0.05) is 0 Å². The van der Waals surface area contributed by atoms with Crippen LogP contribution in [0.2, 0.25) is 0 Å². The number of nitrogens with one attached hydrogen (secondary N) is 1. The highest BCUT2D eigenvalue weighted by Gasteiger charge is 2.17. The van der Waals surface area contributed by atoms with Gasteiger partial charge in [0.2, 0.25) is 5.95 Å². The number of hydrogen-bond donors (Lipinski definition) is 1. The third-order valence-electron chi connectivity index (χ3n) is 3.83. The van der Waals surface area contributed by atoms with Crippen LogP contribution >= 0.6 is 0 Å². The van der Waals surface area contributed by atoms with Gasteiger partial charge in [0.05, 0.1) is 0 Å². The minimum Gasteiger partial charge on any atom is -0.341 e. The highest BCUT2D eigenvalue weighted by Crippen LogP contribution is 2.19. The largest absolute Gasteiger partial charge is 0.341 e. The molecule has 2 heterocycles. The van der Waals surface area contributed by atoms with Gasteiger partial charge in [0, 0.05) is 30.0 Å². The third-order valence-corrected chi connectivity index (χ3v) is 3.83. The lowest BCUT2D eigenvalue weighted by atomic mass is 10.1. The molecule has 2 rings (SSSR count). The lowest BCUT2D eigenvalue weighted by Gasteiger charge is -2.22. The van der Waals surface area contributed by atoms with Gasteiger partial charge in [-0.3, -0.25) is 0 Å². The number of rotatable bonds is 4. The third kappa shape index (κ3) is 3.92. The Morgan fingerprint density at radius 1 is 1.05 bits per heavy atom. The first kappa shape index (κ1) is 15.2. The van der Waals surface area contributed by atoms with Crippen LogP contribution in [0.4, 0.5) is 5.95 Å². The first-order chi connectivity index (χ1) is 9.37. The molecule has 0 saturated carbocycles. The van der Waals surface area contributed by atoms with E-state index in [2.05, 4.69) is 44.8 Å². The Balaban J connectivity index is 2.06. The van der Waals surface area contributed by atoms with Crippen molar-refractivity contribution < 1.29 is 0 Å². The van der Waals surface area contributed by atoms with Crippen LogP contribution < -0.4 is 10.2 Å². The summed E-state index contributed by atoms with van der Waals surface area (Å²) in [5, 5.41) is 3.53. The maximum Gasteiger partial charge on any atom is 0.225 e. The van der Waals surface area contributed by atoms with E-state index in [9.17, 15) is 0 Å². The molecule has 1 saturated heterocycles. The van der Waals surface area contributed by atoms with Crippen molar-refractivity contribution in [3.8, 4) is 0 Å². The molecule has 0 amide bonds. The van der Waals surface area contributed by atoms with E-state index in [1.165, 1.54) is 18.4 Å². The Morgan fingerprint density at radius 2 is 1.60 bits per heavy atom. The molecule has 1 aromatic heterocycles. The summed E-state index contributed by atoms with van der Waals surface area (Å²) in [7, 11) is 0. The molecule has 0 bridgehead atoms. The van der Waals surface area contributed by atoms with E-state index < -0.39 is 0 Å². The van der Waals surface area contributed by atoms with Crippen LogP contribution in [0.3, 0.4) is 0 Å². The van der Waals surface area contributed by atoms with Crippen molar-refractivity contribution in [3.63, 3.8) is 0 Å². The number of aryl methyl sites for hydroxylation is 2. The van der Waals surface area contributed by atoms with Gasteiger partial charge in [-0.05, 0) is 66.0 Å². The van der Waals surface area contributed by atoms with Crippen LogP contribution in [0.1, 0.15) is 50.6 Å². The van der Waals surface area contributed by atoms with E-state index in [4.69, 9.17) is 9.97 Å². The molecule has 0 radical (unpaired) electrons. The van der Waals surface area contributed by atoms with Gasteiger partial charge in [0.25, 0.3) is 0 Å². The van der Waals surface area contributed by atoms with Crippen molar-refractivity contribution in [1.82, 2.24) is 15.3 Å². The van der Waals surface area contributed by atoms with Gasteiger partial charge < -0.3 is 10.2 Å². The predicted octanol–water partition coefficient (Wildman–Crippen LogP) is 2.62. The Bertz CT molecular complexity index is 433. The van der Waals surface area contributed by atoms with E-state index in [0.29, 0.717) is 0 Å². The molecule has 0 spiro atoms. The average molecular weight is 276 g/mol. The second-order valence-corrected chi connectivity index (χ2v) is 6.79. The van der Waals surface area contributed by atoms with E-state index >= 15 is 0 Å². The lowest BCUT2D eigenvalue weighted by Crippen LogP contribution is -2.37. The smallest absolute Gasteiger partial charge is 0.225 e. The first-order valence-electron chi connectivity index (χ1n) is 7.71. The molecular formula is C16H28N4. The zero-order valence-electron chi connectivity index (χ0n) is 13.6. The Hall–Kier alpha value is -1.16. The maximum atomic E-state index is 4.72. The molecule has 0 aromatic carbocycles. The topological polar surface area (TPSA) is 41.1 Å². The quantitative estimate of drug-likeness (QED) is 0.918. The standard InChI is InChI=1S/C16H28N4/c1-12-14(8-9-17-16(3,4)5)13(2)19-15(18-12)20-10-6-7-11-20/h17H,6-11H2,1-5H3. The molecule has 1 aliphatic heterocycles. The van der Waals surface area contributed by atoms with E-state index in [1.54, 1.807) is 0 Å². The highest BCUT2D eigenvalue weighted by atomic mass is 15.3. The van der Waals surface area contributed by atoms with E-state index in [1.807, 2.05) is 0 Å². The van der Waals surface area contributed by atoms with Gasteiger partial charge in [0.15, 0.2) is 0 Å². The second kappa shape index (κ2) is 6.08. The van der Waals surface area contributed by atoms with Crippen LogP contribution in [0, 0.1) is 13.8 Å². The molecule has 1 aliphatic rings. The van der Waals surface area contributed by atoms with Gasteiger partial charge in [0.1, 0.15) is 0 Å². The summed E-state index contributed by atoms with van der Waals surface area (Å²) in [4.78, 5) is 11.7. The fourth-order valence-corrected chi connectivity index (χ4v) is 2.70. The minimum absolute atomic E-state index is 0.165. The zero-order valence-corrected chi connectivity index (χ0v) is 13.6. The van der Waals surface area contributed by atoms with Crippen LogP contribution in [-0.4, -0.2) is 35.1 Å². The second-order valence-electron chi connectivity index (χ2n) is 6.79. The van der Waals surface area contributed by atoms with E-state index in [-0.39, 0.29) is 5.54 Å². The van der Waals surface area contributed by atoms with E-state index in [0.717, 1.165) is 43.4 Å². The van der Waals surface area contributed by atoms with Gasteiger partial charge in [-0.15, -0.1) is 0 Å². The van der Waals surface area contributed by atoms with Crippen LogP contribution in [0.25, 0.3) is 0 Å². The molecule has 0 aliphatic carbocycles. The minimum atomic E-state index is 0.165. The molecule has 1 N–H and O–H groups in total. The molecule has 1 aromatic rings. The lowest BCUT2D eigenvalue weighted by molar-refractivity contribution is 0.429. The summed E-state index contributed by atoms with van der Waals surface area (Å²) in [5.74, 6) is 0.921. The Kier molecular flexibility index (Phi) is 4.63. The SMILES string of the molecule is Cc1nc(N2CCCC2)nc(C)c1CCNC(C)(C)C. The predicted molar refractivity (Wildman–Crippen MR) is 84.4 cm³/mol. The van der Waals surface area contributed by atoms with Crippen molar-refractivity contribution in [2.45, 2.75) is 59.4 Å². The van der Waals surface area contributed by atoms with Crippen LogP contribution in [0.15, 0.2) is 0 Å². The molecule has 20 heavy (non-hydrogen) atoms. The molecule has 1 fully saturated rings. The summed E-state index contributed by atoms with van der Waals surface area (Å²) < 4.78 is 0. The van der Waals surface area contributed by atoms with Gasteiger partial charge in [-0.25, -0.2) is 9.97 Å². The van der Waals surface area contributed by atoms with Crippen LogP contribution in [0.5, 0.6) is 0 Å². The number of nitrogens with zero attached hydrogens (tertiary/aromatic N) is 3. The summed E-state index contributed by atoms with van der Waals surface area (Å²) in [6.07, 6.45) is 3.52. The van der Waals surface area contributed by atoms with Crippen molar-refractivity contribution in [2.75, 3.05) is 24.5 Å². The van der Waals surface area contributed by atoms with Crippen molar-refractivity contribution >= 4 is 5.95 Å². The summed E-state index contributed by atoms with van der Waals surface area (Å²) >= 11 is 0. The number of hydrogen-bond acceptors (Lipinski definition) is 4. The van der Waals surface area contributed by atoms with Crippen LogP contribution in [-0.2, 0) is 6.42 Å². The van der Waals surface area contributed by atoms with Crippen molar-refractivity contribution in [1.29, 1.82) is 0 Å². The molecule has 4 nitrogen and oxygen atoms in total. The van der Waals surface area contributed by atoms with Crippen molar-refractivity contribution in [2.24, 2.45) is 0 Å². The number of anilines is 1. The summed E-state index contributed by atoms with van der Waals surface area (Å²) in [6.45, 7) is 14.0. The Labute approximate surface area is 123 Å². The summed E-state index contributed by atoms with van der Waals surface area (Å²) in [6, 6.07) is 0. The average Bonchev–Trinajstić information content (AvgIpc) is 2.84. The Morgan fingerprint density at radius 3 is 2.10 bits per heavy atom. The molecule has 112 valence electrons. The van der Waals surface area contributed by atoms with Gasteiger partial charge in [-0.2, -0.15) is 0 Å². The van der Waals surface area contributed by atoms with Gasteiger partial charge >= 0.3 is 0 Å². The normalized spacial score (nSPS) is 15.9. The maximum absolute atomic E-state index is 4.72. The molecule has 0 unspecified atom stereocenters. The zero-order chi connectivity index (χ0) is 14.8. The van der Waals surface area contributed by atoms with Crippen molar-refractivity contribution in [3.05, 3.63) is 17.0 Å². The molecular weight excluding hydrogens is 248 g/mol. The first-order valence-corrected chi connectivity index (χ1v) is 7.71. The molecule has 0 atom stereocenters.